The van der Waals surface area contributed by atoms with Gasteiger partial charge in [0.05, 0.1) is 0 Å². The fraction of sp³-hybridized carbons (Fsp3) is 0.600. The molecule has 18 heavy (non-hydrogen) atoms. The van der Waals surface area contributed by atoms with Gasteiger partial charge in [0.15, 0.2) is 0 Å². The monoisotopic (exact) mass is 312 g/mol. The Morgan fingerprint density at radius 1 is 0.889 bits per heavy atom. The summed E-state index contributed by atoms with van der Waals surface area (Å²) in [5.41, 5.74) is 0. The molecule has 0 aromatic heterocycles. The standard InChI is InChI=1S/C5HF9O3S/c6-1(2(7)18(15,16)17)3(8,9)4(10,11)5(12,13)14/h(H,15,16,17). The SMILES string of the molecule is O=S(=O)(O)C(F)=C(F)C(F)(F)C(F)(F)C(F)(F)F. The Morgan fingerprint density at radius 3 is 1.44 bits per heavy atom. The molecular weight excluding hydrogens is 311 g/mol. The quantitative estimate of drug-likeness (QED) is 0.644. The molecule has 13 heteroatoms. The minimum atomic E-state index is -7.08. The van der Waals surface area contributed by atoms with E-state index < -0.39 is 39.1 Å². The Kier molecular flexibility index (Phi) is 4.06. The van der Waals surface area contributed by atoms with Crippen molar-refractivity contribution in [1.29, 1.82) is 0 Å². The fourth-order valence-corrected chi connectivity index (χ4v) is 0.907. The van der Waals surface area contributed by atoms with E-state index in [4.69, 9.17) is 4.55 Å². The summed E-state index contributed by atoms with van der Waals surface area (Å²) in [6, 6.07) is 0. The minimum absolute atomic E-state index is 3.84. The molecule has 0 unspecified atom stereocenters. The molecule has 0 aromatic carbocycles. The highest BCUT2D eigenvalue weighted by Crippen LogP contribution is 2.51. The van der Waals surface area contributed by atoms with Gasteiger partial charge in [0.25, 0.3) is 5.16 Å². The highest BCUT2D eigenvalue weighted by molar-refractivity contribution is 7.89. The van der Waals surface area contributed by atoms with Gasteiger partial charge >= 0.3 is 28.1 Å². The van der Waals surface area contributed by atoms with E-state index in [9.17, 15) is 47.9 Å². The van der Waals surface area contributed by atoms with Gasteiger partial charge in [0.1, 0.15) is 0 Å². The van der Waals surface area contributed by atoms with Crippen LogP contribution in [0.4, 0.5) is 39.5 Å². The molecule has 108 valence electrons. The molecule has 0 heterocycles. The van der Waals surface area contributed by atoms with Crippen LogP contribution in [0.2, 0.25) is 0 Å². The average Bonchev–Trinajstić information content (AvgIpc) is 2.11. The number of hydrogen-bond donors (Lipinski definition) is 1. The van der Waals surface area contributed by atoms with E-state index in [-0.39, 0.29) is 0 Å². The largest absolute Gasteiger partial charge is 0.460 e. The highest BCUT2D eigenvalue weighted by atomic mass is 32.2. The molecule has 1 N–H and O–H groups in total. The third kappa shape index (κ3) is 2.71. The Balaban J connectivity index is 5.99. The molecule has 0 saturated heterocycles. The first-order valence-electron chi connectivity index (χ1n) is 3.42. The Morgan fingerprint density at radius 2 is 1.22 bits per heavy atom. The molecule has 0 aliphatic heterocycles. The molecular formula is C5HF9O3S. The molecule has 0 aliphatic carbocycles. The van der Waals surface area contributed by atoms with Crippen molar-refractivity contribution in [2.24, 2.45) is 0 Å². The maximum Gasteiger partial charge on any atom is 0.460 e. The molecule has 0 aromatic rings. The normalized spacial score (nSPS) is 16.6. The van der Waals surface area contributed by atoms with E-state index in [0.29, 0.717) is 0 Å². The predicted molar refractivity (Wildman–Crippen MR) is 36.7 cm³/mol. The zero-order valence-corrected chi connectivity index (χ0v) is 8.39. The maximum atomic E-state index is 12.4. The summed E-state index contributed by atoms with van der Waals surface area (Å²) in [6.07, 6.45) is -6.98. The average molecular weight is 312 g/mol. The van der Waals surface area contributed by atoms with Gasteiger partial charge in [-0.3, -0.25) is 4.55 Å². The smallest absolute Gasteiger partial charge is 0.280 e. The van der Waals surface area contributed by atoms with Crippen LogP contribution >= 0.6 is 0 Å². The first-order chi connectivity index (χ1) is 7.57. The fourth-order valence-electron chi connectivity index (χ4n) is 0.553. The first-order valence-corrected chi connectivity index (χ1v) is 4.86. The van der Waals surface area contributed by atoms with Crippen molar-refractivity contribution in [2.45, 2.75) is 18.0 Å². The third-order valence-electron chi connectivity index (χ3n) is 1.43. The van der Waals surface area contributed by atoms with Crippen molar-refractivity contribution < 1.29 is 52.5 Å². The first kappa shape index (κ1) is 17.0. The van der Waals surface area contributed by atoms with Gasteiger partial charge in [-0.25, -0.2) is 4.39 Å². The lowest BCUT2D eigenvalue weighted by molar-refractivity contribution is -0.347. The zero-order chi connectivity index (χ0) is 15.2. The summed E-state index contributed by atoms with van der Waals surface area (Å²) in [7, 11) is -6.33. The van der Waals surface area contributed by atoms with Crippen LogP contribution in [0.15, 0.2) is 11.0 Å². The van der Waals surface area contributed by atoms with Gasteiger partial charge in [-0.2, -0.15) is 43.5 Å². The topological polar surface area (TPSA) is 54.4 Å². The van der Waals surface area contributed by atoms with Crippen molar-refractivity contribution in [3.63, 3.8) is 0 Å². The summed E-state index contributed by atoms with van der Waals surface area (Å²) < 4.78 is 135. The second-order valence-corrected chi connectivity index (χ2v) is 4.02. The lowest BCUT2D eigenvalue weighted by Crippen LogP contribution is -2.52. The Hall–Kier alpha value is -0.980. The Bertz CT molecular complexity index is 459. The van der Waals surface area contributed by atoms with E-state index in [1.54, 1.807) is 0 Å². The van der Waals surface area contributed by atoms with Gasteiger partial charge in [0.2, 0.25) is 5.83 Å². The number of halogens is 9. The zero-order valence-electron chi connectivity index (χ0n) is 7.57. The van der Waals surface area contributed by atoms with Crippen LogP contribution in [0.1, 0.15) is 0 Å². The van der Waals surface area contributed by atoms with Crippen molar-refractivity contribution >= 4 is 10.1 Å². The van der Waals surface area contributed by atoms with E-state index in [2.05, 4.69) is 0 Å². The van der Waals surface area contributed by atoms with Crippen LogP contribution in [0.5, 0.6) is 0 Å². The van der Waals surface area contributed by atoms with E-state index >= 15 is 0 Å². The van der Waals surface area contributed by atoms with Crippen LogP contribution < -0.4 is 0 Å². The summed E-state index contributed by atoms with van der Waals surface area (Å²) in [6.45, 7) is 0. The van der Waals surface area contributed by atoms with Crippen molar-refractivity contribution in [2.75, 3.05) is 0 Å². The van der Waals surface area contributed by atoms with Gasteiger partial charge in [-0.1, -0.05) is 0 Å². The molecule has 0 amide bonds. The number of hydrogen-bond acceptors (Lipinski definition) is 2. The van der Waals surface area contributed by atoms with Crippen LogP contribution in [0.3, 0.4) is 0 Å². The molecule has 0 radical (unpaired) electrons. The number of alkyl halides is 7. The summed E-state index contributed by atoms with van der Waals surface area (Å²) in [4.78, 5) is 0. The summed E-state index contributed by atoms with van der Waals surface area (Å²) in [5.74, 6) is -18.2. The molecule has 0 atom stereocenters. The van der Waals surface area contributed by atoms with E-state index in [1.165, 1.54) is 0 Å². The van der Waals surface area contributed by atoms with Gasteiger partial charge in [0, 0.05) is 0 Å². The molecule has 3 nitrogen and oxygen atoms in total. The van der Waals surface area contributed by atoms with E-state index in [0.717, 1.165) is 0 Å². The van der Waals surface area contributed by atoms with Gasteiger partial charge < -0.3 is 0 Å². The van der Waals surface area contributed by atoms with Crippen molar-refractivity contribution in [3.8, 4) is 0 Å². The van der Waals surface area contributed by atoms with Crippen LogP contribution in [0, 0.1) is 0 Å². The van der Waals surface area contributed by atoms with Crippen LogP contribution in [-0.4, -0.2) is 31.0 Å². The molecule has 0 fully saturated rings. The van der Waals surface area contributed by atoms with Crippen LogP contribution in [0.25, 0.3) is 0 Å². The second kappa shape index (κ2) is 4.29. The van der Waals surface area contributed by atoms with Crippen LogP contribution in [-0.2, 0) is 10.1 Å². The van der Waals surface area contributed by atoms with Gasteiger partial charge in [-0.05, 0) is 0 Å². The van der Waals surface area contributed by atoms with Crippen molar-refractivity contribution in [1.82, 2.24) is 0 Å². The maximum absolute atomic E-state index is 12.4. The molecule has 0 aliphatic rings. The molecule has 0 spiro atoms. The predicted octanol–water partition coefficient (Wildman–Crippen LogP) is 2.82. The summed E-state index contributed by atoms with van der Waals surface area (Å²) >= 11 is 0. The lowest BCUT2D eigenvalue weighted by Gasteiger charge is -2.26. The lowest BCUT2D eigenvalue weighted by atomic mass is 10.1. The summed E-state index contributed by atoms with van der Waals surface area (Å²) in [5, 5.41) is -3.84. The third-order valence-corrected chi connectivity index (χ3v) is 2.06. The molecule has 0 bridgehead atoms. The van der Waals surface area contributed by atoms with Crippen molar-refractivity contribution in [3.05, 3.63) is 11.0 Å². The highest BCUT2D eigenvalue weighted by Gasteiger charge is 2.76. The number of rotatable bonds is 3. The van der Waals surface area contributed by atoms with E-state index in [1.807, 2.05) is 0 Å². The Labute approximate surface area is 92.6 Å². The molecule has 0 saturated carbocycles. The second-order valence-electron chi connectivity index (χ2n) is 2.71. The molecule has 0 rings (SSSR count). The number of allylic oxidation sites excluding steroid dienone is 1. The minimum Gasteiger partial charge on any atom is -0.280 e. The van der Waals surface area contributed by atoms with Gasteiger partial charge in [-0.15, -0.1) is 0 Å².